The van der Waals surface area contributed by atoms with Gasteiger partial charge in [0.2, 0.25) is 5.91 Å². The minimum atomic E-state index is -0.0922. The molecule has 142 valence electrons. The van der Waals surface area contributed by atoms with Gasteiger partial charge < -0.3 is 15.1 Å². The van der Waals surface area contributed by atoms with E-state index in [9.17, 15) is 9.59 Å². The summed E-state index contributed by atoms with van der Waals surface area (Å²) in [4.78, 5) is 28.2. The van der Waals surface area contributed by atoms with E-state index in [2.05, 4.69) is 17.4 Å². The third kappa shape index (κ3) is 5.58. The molecule has 0 aromatic heterocycles. The lowest BCUT2D eigenvalue weighted by Gasteiger charge is -2.20. The highest BCUT2D eigenvalue weighted by molar-refractivity contribution is 5.85. The minimum Gasteiger partial charge on any atom is -0.352 e. The topological polar surface area (TPSA) is 52.7 Å². The minimum absolute atomic E-state index is 0.0639. The van der Waals surface area contributed by atoms with Gasteiger partial charge in [-0.3, -0.25) is 4.79 Å². The number of carbonyl (C=O) groups is 2. The lowest BCUT2D eigenvalue weighted by molar-refractivity contribution is -0.122. The summed E-state index contributed by atoms with van der Waals surface area (Å²) < 4.78 is 0. The zero-order chi connectivity index (χ0) is 19.1. The summed E-state index contributed by atoms with van der Waals surface area (Å²) in [7, 11) is 0. The van der Waals surface area contributed by atoms with Crippen LogP contribution in [0.15, 0.2) is 60.7 Å². The van der Waals surface area contributed by atoms with Gasteiger partial charge in [0.25, 0.3) is 0 Å². The Morgan fingerprint density at radius 2 is 1.56 bits per heavy atom. The number of urea groups is 1. The Balaban J connectivity index is 1.42. The fraction of sp³-hybridized carbons (Fsp3) is 0.364. The van der Waals surface area contributed by atoms with Crippen molar-refractivity contribution in [2.75, 3.05) is 19.6 Å². The standard InChI is InChI=1S/C22H27N3O2/c1-18(12-13-19-8-4-2-5-9-19)23-21(26)17-25-15-14-24(22(25)27)16-20-10-6-3-7-11-20/h2-11,18H,12-17H2,1H3,(H,23,26)/t18-/m1/s1. The average Bonchev–Trinajstić information content (AvgIpc) is 3.01. The van der Waals surface area contributed by atoms with Gasteiger partial charge in [-0.25, -0.2) is 4.79 Å². The number of hydrogen-bond acceptors (Lipinski definition) is 2. The van der Waals surface area contributed by atoms with Crippen molar-refractivity contribution < 1.29 is 9.59 Å². The maximum absolute atomic E-state index is 12.5. The molecule has 1 heterocycles. The highest BCUT2D eigenvalue weighted by Crippen LogP contribution is 2.13. The highest BCUT2D eigenvalue weighted by atomic mass is 16.2. The Labute approximate surface area is 161 Å². The fourth-order valence-corrected chi connectivity index (χ4v) is 3.32. The van der Waals surface area contributed by atoms with Crippen LogP contribution in [0.5, 0.6) is 0 Å². The predicted molar refractivity (Wildman–Crippen MR) is 106 cm³/mol. The average molecular weight is 365 g/mol. The summed E-state index contributed by atoms with van der Waals surface area (Å²) in [5, 5.41) is 3.01. The molecule has 1 fully saturated rings. The van der Waals surface area contributed by atoms with Crippen LogP contribution in [0.2, 0.25) is 0 Å². The molecule has 0 aliphatic carbocycles. The molecule has 2 aromatic rings. The number of rotatable bonds is 8. The molecule has 0 unspecified atom stereocenters. The number of amides is 3. The van der Waals surface area contributed by atoms with Crippen LogP contribution in [-0.2, 0) is 17.8 Å². The van der Waals surface area contributed by atoms with E-state index in [-0.39, 0.29) is 24.5 Å². The number of benzene rings is 2. The Kier molecular flexibility index (Phi) is 6.47. The molecule has 3 rings (SSSR count). The molecule has 27 heavy (non-hydrogen) atoms. The van der Waals surface area contributed by atoms with Crippen LogP contribution in [0.4, 0.5) is 4.79 Å². The van der Waals surface area contributed by atoms with E-state index in [1.165, 1.54) is 5.56 Å². The Morgan fingerprint density at radius 1 is 0.963 bits per heavy atom. The number of aryl methyl sites for hydroxylation is 1. The smallest absolute Gasteiger partial charge is 0.320 e. The van der Waals surface area contributed by atoms with Crippen LogP contribution in [-0.4, -0.2) is 47.4 Å². The lowest BCUT2D eigenvalue weighted by atomic mass is 10.1. The van der Waals surface area contributed by atoms with E-state index in [1.54, 1.807) is 9.80 Å². The van der Waals surface area contributed by atoms with Gasteiger partial charge in [0, 0.05) is 25.7 Å². The number of carbonyl (C=O) groups excluding carboxylic acids is 2. The molecule has 1 saturated heterocycles. The fourth-order valence-electron chi connectivity index (χ4n) is 3.32. The molecule has 1 aliphatic rings. The quantitative estimate of drug-likeness (QED) is 0.782. The van der Waals surface area contributed by atoms with Crippen molar-refractivity contribution in [3.8, 4) is 0 Å². The van der Waals surface area contributed by atoms with Gasteiger partial charge in [0.1, 0.15) is 6.54 Å². The van der Waals surface area contributed by atoms with E-state index < -0.39 is 0 Å². The molecule has 0 radical (unpaired) electrons. The maximum atomic E-state index is 12.5. The molecular weight excluding hydrogens is 338 g/mol. The summed E-state index contributed by atoms with van der Waals surface area (Å²) in [5.41, 5.74) is 2.37. The second kappa shape index (κ2) is 9.21. The predicted octanol–water partition coefficient (Wildman–Crippen LogP) is 3.06. The van der Waals surface area contributed by atoms with Crippen molar-refractivity contribution >= 4 is 11.9 Å². The van der Waals surface area contributed by atoms with Crippen LogP contribution in [0.1, 0.15) is 24.5 Å². The van der Waals surface area contributed by atoms with Gasteiger partial charge in [0.05, 0.1) is 0 Å². The first-order valence-electron chi connectivity index (χ1n) is 9.53. The summed E-state index contributed by atoms with van der Waals surface area (Å²) >= 11 is 0. The van der Waals surface area contributed by atoms with Crippen molar-refractivity contribution in [2.24, 2.45) is 0 Å². The van der Waals surface area contributed by atoms with Gasteiger partial charge in [-0.2, -0.15) is 0 Å². The molecule has 5 nitrogen and oxygen atoms in total. The third-order valence-corrected chi connectivity index (χ3v) is 4.85. The maximum Gasteiger partial charge on any atom is 0.320 e. The van der Waals surface area contributed by atoms with Crippen LogP contribution >= 0.6 is 0 Å². The number of hydrogen-bond donors (Lipinski definition) is 1. The van der Waals surface area contributed by atoms with E-state index in [1.807, 2.05) is 55.5 Å². The second-order valence-corrected chi connectivity index (χ2v) is 7.10. The Bertz CT molecular complexity index is 749. The molecule has 2 aromatic carbocycles. The van der Waals surface area contributed by atoms with Crippen LogP contribution < -0.4 is 5.32 Å². The van der Waals surface area contributed by atoms with Crippen molar-refractivity contribution in [1.29, 1.82) is 0 Å². The zero-order valence-corrected chi connectivity index (χ0v) is 15.8. The van der Waals surface area contributed by atoms with Crippen LogP contribution in [0.3, 0.4) is 0 Å². The molecule has 1 N–H and O–H groups in total. The third-order valence-electron chi connectivity index (χ3n) is 4.85. The largest absolute Gasteiger partial charge is 0.352 e. The van der Waals surface area contributed by atoms with Crippen LogP contribution in [0.25, 0.3) is 0 Å². The molecular formula is C22H27N3O2. The molecule has 0 spiro atoms. The van der Waals surface area contributed by atoms with E-state index >= 15 is 0 Å². The van der Waals surface area contributed by atoms with Crippen molar-refractivity contribution in [3.05, 3.63) is 71.8 Å². The van der Waals surface area contributed by atoms with Crippen molar-refractivity contribution in [1.82, 2.24) is 15.1 Å². The summed E-state index contributed by atoms with van der Waals surface area (Å²) in [6.45, 7) is 3.97. The summed E-state index contributed by atoms with van der Waals surface area (Å²) in [6, 6.07) is 20.2. The van der Waals surface area contributed by atoms with E-state index in [0.29, 0.717) is 19.6 Å². The zero-order valence-electron chi connectivity index (χ0n) is 15.8. The van der Waals surface area contributed by atoms with Gasteiger partial charge in [0.15, 0.2) is 0 Å². The summed E-state index contributed by atoms with van der Waals surface area (Å²) in [6.07, 6.45) is 1.81. The number of nitrogens with zero attached hydrogens (tertiary/aromatic N) is 2. The molecule has 5 heteroatoms. The molecule has 0 saturated carbocycles. The second-order valence-electron chi connectivity index (χ2n) is 7.10. The van der Waals surface area contributed by atoms with Crippen molar-refractivity contribution in [3.63, 3.8) is 0 Å². The molecule has 1 aliphatic heterocycles. The first kappa shape index (κ1) is 19.0. The first-order chi connectivity index (χ1) is 13.1. The lowest BCUT2D eigenvalue weighted by Crippen LogP contribution is -2.42. The first-order valence-corrected chi connectivity index (χ1v) is 9.53. The van der Waals surface area contributed by atoms with E-state index in [0.717, 1.165) is 18.4 Å². The van der Waals surface area contributed by atoms with Gasteiger partial charge in [-0.1, -0.05) is 60.7 Å². The molecule has 3 amide bonds. The number of nitrogens with one attached hydrogen (secondary N) is 1. The van der Waals surface area contributed by atoms with Gasteiger partial charge in [-0.05, 0) is 30.9 Å². The van der Waals surface area contributed by atoms with Crippen LogP contribution in [0, 0.1) is 0 Å². The normalized spacial score (nSPS) is 15.1. The Hall–Kier alpha value is -2.82. The summed E-state index contributed by atoms with van der Waals surface area (Å²) in [5.74, 6) is -0.0922. The SMILES string of the molecule is C[C@H](CCc1ccccc1)NC(=O)CN1CCN(Cc2ccccc2)C1=O. The Morgan fingerprint density at radius 3 is 2.22 bits per heavy atom. The van der Waals surface area contributed by atoms with Crippen molar-refractivity contribution in [2.45, 2.75) is 32.4 Å². The molecule has 1 atom stereocenters. The van der Waals surface area contributed by atoms with E-state index in [4.69, 9.17) is 0 Å². The van der Waals surface area contributed by atoms with Gasteiger partial charge in [-0.15, -0.1) is 0 Å². The highest BCUT2D eigenvalue weighted by Gasteiger charge is 2.29. The monoisotopic (exact) mass is 365 g/mol. The molecule has 0 bridgehead atoms. The van der Waals surface area contributed by atoms with Gasteiger partial charge >= 0.3 is 6.03 Å².